The summed E-state index contributed by atoms with van der Waals surface area (Å²) in [7, 11) is 0. The molecule has 0 aromatic heterocycles. The summed E-state index contributed by atoms with van der Waals surface area (Å²) in [4.78, 5) is 11.8. The lowest BCUT2D eigenvalue weighted by atomic mass is 9.97. The number of esters is 1. The Kier molecular flexibility index (Phi) is 5.92. The fourth-order valence-electron chi connectivity index (χ4n) is 2.19. The summed E-state index contributed by atoms with van der Waals surface area (Å²) in [6.45, 7) is 4.51. The molecule has 120 valence electrons. The van der Waals surface area contributed by atoms with E-state index < -0.39 is 5.97 Å². The van der Waals surface area contributed by atoms with Crippen molar-refractivity contribution in [1.29, 1.82) is 0 Å². The van der Waals surface area contributed by atoms with E-state index in [9.17, 15) is 9.18 Å². The maximum atomic E-state index is 13.5. The molecule has 0 bridgehead atoms. The Labute approximate surface area is 135 Å². The van der Waals surface area contributed by atoms with Crippen molar-refractivity contribution in [3.8, 4) is 5.75 Å². The molecule has 23 heavy (non-hydrogen) atoms. The molecule has 2 aromatic rings. The fourth-order valence-corrected chi connectivity index (χ4v) is 2.19. The fraction of sp³-hybridized carbons (Fsp3) is 0.211. The number of benzene rings is 2. The van der Waals surface area contributed by atoms with Crippen LogP contribution in [0.5, 0.6) is 5.75 Å². The van der Waals surface area contributed by atoms with Crippen LogP contribution in [0.15, 0.2) is 54.6 Å². The first kappa shape index (κ1) is 16.7. The van der Waals surface area contributed by atoms with E-state index in [2.05, 4.69) is 0 Å². The minimum absolute atomic E-state index is 0.287. The molecule has 2 aromatic carbocycles. The lowest BCUT2D eigenvalue weighted by Gasteiger charge is -2.10. The zero-order chi connectivity index (χ0) is 16.7. The number of carbonyl (C=O) groups is 1. The van der Waals surface area contributed by atoms with Crippen LogP contribution >= 0.6 is 0 Å². The molecule has 0 radical (unpaired) electrons. The molecule has 0 saturated carbocycles. The predicted octanol–water partition coefficient (Wildman–Crippen LogP) is 4.22. The quantitative estimate of drug-likeness (QED) is 0.591. The zero-order valence-corrected chi connectivity index (χ0v) is 13.2. The molecule has 0 unspecified atom stereocenters. The van der Waals surface area contributed by atoms with E-state index in [4.69, 9.17) is 9.47 Å². The van der Waals surface area contributed by atoms with Gasteiger partial charge in [0.1, 0.15) is 11.6 Å². The first-order valence-electron chi connectivity index (χ1n) is 7.51. The van der Waals surface area contributed by atoms with E-state index in [0.29, 0.717) is 17.7 Å². The van der Waals surface area contributed by atoms with Gasteiger partial charge in [-0.25, -0.2) is 9.18 Å². The lowest BCUT2D eigenvalue weighted by Crippen LogP contribution is -2.02. The van der Waals surface area contributed by atoms with E-state index in [0.717, 1.165) is 11.3 Å². The van der Waals surface area contributed by atoms with Crippen molar-refractivity contribution in [2.75, 3.05) is 13.2 Å². The van der Waals surface area contributed by atoms with Crippen molar-refractivity contribution in [3.63, 3.8) is 0 Å². The van der Waals surface area contributed by atoms with Gasteiger partial charge in [-0.15, -0.1) is 0 Å². The van der Waals surface area contributed by atoms with E-state index >= 15 is 0 Å². The Balaban J connectivity index is 2.42. The van der Waals surface area contributed by atoms with Crippen molar-refractivity contribution in [2.24, 2.45) is 0 Å². The Morgan fingerprint density at radius 2 is 1.78 bits per heavy atom. The van der Waals surface area contributed by atoms with Gasteiger partial charge in [-0.05, 0) is 54.8 Å². The van der Waals surface area contributed by atoms with Crippen molar-refractivity contribution in [1.82, 2.24) is 0 Å². The highest BCUT2D eigenvalue weighted by molar-refractivity contribution is 5.96. The molecule has 0 aliphatic carbocycles. The molecule has 0 heterocycles. The van der Waals surface area contributed by atoms with Gasteiger partial charge in [0.05, 0.1) is 13.2 Å². The minimum Gasteiger partial charge on any atom is -0.494 e. The summed E-state index contributed by atoms with van der Waals surface area (Å²) in [6, 6.07) is 13.4. The molecule has 0 aliphatic heterocycles. The molecule has 4 heteroatoms. The van der Waals surface area contributed by atoms with Crippen LogP contribution < -0.4 is 4.74 Å². The Morgan fingerprint density at radius 1 is 1.04 bits per heavy atom. The first-order chi connectivity index (χ1) is 11.1. The lowest BCUT2D eigenvalue weighted by molar-refractivity contribution is -0.137. The maximum Gasteiger partial charge on any atom is 0.331 e. The van der Waals surface area contributed by atoms with Crippen LogP contribution in [0.4, 0.5) is 4.39 Å². The molecule has 0 aliphatic rings. The Hall–Kier alpha value is -2.62. The molecule has 2 rings (SSSR count). The van der Waals surface area contributed by atoms with Gasteiger partial charge in [0.2, 0.25) is 0 Å². The zero-order valence-electron chi connectivity index (χ0n) is 13.2. The van der Waals surface area contributed by atoms with E-state index in [1.54, 1.807) is 19.1 Å². The van der Waals surface area contributed by atoms with E-state index in [1.165, 1.54) is 18.2 Å². The third-order valence-electron chi connectivity index (χ3n) is 3.16. The highest BCUT2D eigenvalue weighted by atomic mass is 19.1. The third-order valence-corrected chi connectivity index (χ3v) is 3.16. The van der Waals surface area contributed by atoms with Crippen molar-refractivity contribution < 1.29 is 18.7 Å². The SMILES string of the molecule is CCOC(=O)C=C(c1ccc(OCC)cc1)c1cccc(F)c1. The minimum atomic E-state index is -0.458. The van der Waals surface area contributed by atoms with Gasteiger partial charge in [-0.3, -0.25) is 0 Å². The number of rotatable bonds is 6. The van der Waals surface area contributed by atoms with Gasteiger partial charge in [-0.2, -0.15) is 0 Å². The van der Waals surface area contributed by atoms with Crippen LogP contribution in [0.3, 0.4) is 0 Å². The average Bonchev–Trinajstić information content (AvgIpc) is 2.54. The third kappa shape index (κ3) is 4.68. The summed E-state index contributed by atoms with van der Waals surface area (Å²) >= 11 is 0. The van der Waals surface area contributed by atoms with Crippen molar-refractivity contribution >= 4 is 11.5 Å². The second-order valence-corrected chi connectivity index (χ2v) is 4.78. The Bertz CT molecular complexity index is 690. The number of hydrogen-bond donors (Lipinski definition) is 0. The molecule has 0 spiro atoms. The molecule has 3 nitrogen and oxygen atoms in total. The van der Waals surface area contributed by atoms with E-state index in [1.807, 2.05) is 31.2 Å². The molecule has 0 atom stereocenters. The van der Waals surface area contributed by atoms with Crippen LogP contribution in [0.2, 0.25) is 0 Å². The largest absolute Gasteiger partial charge is 0.494 e. The first-order valence-corrected chi connectivity index (χ1v) is 7.51. The number of carbonyl (C=O) groups excluding carboxylic acids is 1. The molecule has 0 fully saturated rings. The summed E-state index contributed by atoms with van der Waals surface area (Å²) < 4.78 is 23.9. The van der Waals surface area contributed by atoms with E-state index in [-0.39, 0.29) is 12.4 Å². The van der Waals surface area contributed by atoms with Crippen LogP contribution in [-0.4, -0.2) is 19.2 Å². The molecular formula is C19H19FO3. The van der Waals surface area contributed by atoms with Gasteiger partial charge in [0.15, 0.2) is 0 Å². The van der Waals surface area contributed by atoms with Crippen LogP contribution in [-0.2, 0) is 9.53 Å². The van der Waals surface area contributed by atoms with Gasteiger partial charge in [0.25, 0.3) is 0 Å². The summed E-state index contributed by atoms with van der Waals surface area (Å²) in [5.41, 5.74) is 2.00. The summed E-state index contributed by atoms with van der Waals surface area (Å²) in [6.07, 6.45) is 1.38. The number of ether oxygens (including phenoxy) is 2. The predicted molar refractivity (Wildman–Crippen MR) is 87.7 cm³/mol. The van der Waals surface area contributed by atoms with Gasteiger partial charge in [-0.1, -0.05) is 24.3 Å². The monoisotopic (exact) mass is 314 g/mol. The highest BCUT2D eigenvalue weighted by Gasteiger charge is 2.10. The highest BCUT2D eigenvalue weighted by Crippen LogP contribution is 2.26. The molecule has 0 saturated heterocycles. The standard InChI is InChI=1S/C19H19FO3/c1-3-22-17-10-8-14(9-11-17)18(13-19(21)23-4-2)15-6-5-7-16(20)12-15/h5-13H,3-4H2,1-2H3. The number of halogens is 1. The van der Waals surface area contributed by atoms with Crippen molar-refractivity contribution in [3.05, 3.63) is 71.6 Å². The second-order valence-electron chi connectivity index (χ2n) is 4.78. The maximum absolute atomic E-state index is 13.5. The topological polar surface area (TPSA) is 35.5 Å². The smallest absolute Gasteiger partial charge is 0.331 e. The van der Waals surface area contributed by atoms with Crippen LogP contribution in [0.1, 0.15) is 25.0 Å². The van der Waals surface area contributed by atoms with Gasteiger partial charge in [0, 0.05) is 6.08 Å². The molecular weight excluding hydrogens is 295 g/mol. The normalized spacial score (nSPS) is 11.2. The van der Waals surface area contributed by atoms with Crippen LogP contribution in [0, 0.1) is 5.82 Å². The van der Waals surface area contributed by atoms with Gasteiger partial charge < -0.3 is 9.47 Å². The average molecular weight is 314 g/mol. The van der Waals surface area contributed by atoms with Crippen LogP contribution in [0.25, 0.3) is 5.57 Å². The number of hydrogen-bond acceptors (Lipinski definition) is 3. The molecule has 0 N–H and O–H groups in total. The second kappa shape index (κ2) is 8.13. The summed E-state index contributed by atoms with van der Waals surface area (Å²) in [5, 5.41) is 0. The van der Waals surface area contributed by atoms with Crippen molar-refractivity contribution in [2.45, 2.75) is 13.8 Å². The Morgan fingerprint density at radius 3 is 2.39 bits per heavy atom. The summed E-state index contributed by atoms with van der Waals surface area (Å²) in [5.74, 6) is -0.0742. The molecule has 0 amide bonds. The van der Waals surface area contributed by atoms with Gasteiger partial charge >= 0.3 is 5.97 Å².